The molecule has 1 saturated carbocycles. The quantitative estimate of drug-likeness (QED) is 0.407. The first-order valence-corrected chi connectivity index (χ1v) is 12.3. The van der Waals surface area contributed by atoms with Gasteiger partial charge in [-0.1, -0.05) is 44.1 Å². The second-order valence-corrected chi connectivity index (χ2v) is 10.4. The number of furan rings is 1. The normalized spacial score (nSPS) is 31.0. The van der Waals surface area contributed by atoms with Crippen molar-refractivity contribution in [3.63, 3.8) is 0 Å². The fourth-order valence-corrected chi connectivity index (χ4v) is 6.33. The van der Waals surface area contributed by atoms with Crippen molar-refractivity contribution in [3.05, 3.63) is 65.6 Å². The van der Waals surface area contributed by atoms with Gasteiger partial charge in [0.2, 0.25) is 0 Å². The molecule has 0 radical (unpaired) electrons. The van der Waals surface area contributed by atoms with Crippen molar-refractivity contribution in [1.82, 2.24) is 4.90 Å². The topological polar surface area (TPSA) is 51.9 Å². The van der Waals surface area contributed by atoms with Crippen molar-refractivity contribution < 1.29 is 18.7 Å². The molecule has 1 aromatic carbocycles. The van der Waals surface area contributed by atoms with Crippen LogP contribution in [0, 0.1) is 23.2 Å². The lowest BCUT2D eigenvalue weighted by Crippen LogP contribution is -2.40. The summed E-state index contributed by atoms with van der Waals surface area (Å²) < 4.78 is 16.9. The molecule has 5 heteroatoms. The number of carbonyl (C=O) groups excluding carboxylic acids is 1. The monoisotopic (exact) mass is 449 g/mol. The highest BCUT2D eigenvalue weighted by atomic mass is 16.6. The highest BCUT2D eigenvalue weighted by Crippen LogP contribution is 2.54. The Labute approximate surface area is 196 Å². The third kappa shape index (κ3) is 4.48. The van der Waals surface area contributed by atoms with Crippen LogP contribution in [0.5, 0.6) is 5.75 Å². The Morgan fingerprint density at radius 1 is 1.18 bits per heavy atom. The molecule has 5 nitrogen and oxygen atoms in total. The molecule has 0 amide bonds. The maximum absolute atomic E-state index is 13.1. The van der Waals surface area contributed by atoms with Gasteiger partial charge in [-0.05, 0) is 60.4 Å². The predicted octanol–water partition coefficient (Wildman–Crippen LogP) is 5.60. The summed E-state index contributed by atoms with van der Waals surface area (Å²) in [7, 11) is 1.68. The lowest BCUT2D eigenvalue weighted by molar-refractivity contribution is -0.145. The van der Waals surface area contributed by atoms with Crippen LogP contribution in [0.1, 0.15) is 50.9 Å². The summed E-state index contributed by atoms with van der Waals surface area (Å²) in [6, 6.07) is 12.0. The molecule has 5 unspecified atom stereocenters. The van der Waals surface area contributed by atoms with Crippen molar-refractivity contribution in [1.29, 1.82) is 0 Å². The van der Waals surface area contributed by atoms with E-state index in [9.17, 15) is 4.79 Å². The minimum absolute atomic E-state index is 0.00741. The third-order valence-corrected chi connectivity index (χ3v) is 8.06. The van der Waals surface area contributed by atoms with Gasteiger partial charge in [-0.2, -0.15) is 0 Å². The van der Waals surface area contributed by atoms with Gasteiger partial charge >= 0.3 is 5.97 Å². The number of nitrogens with zero attached hydrogens (tertiary/aromatic N) is 1. The molecule has 0 bridgehead atoms. The van der Waals surface area contributed by atoms with Crippen LogP contribution in [0.3, 0.4) is 0 Å². The molecule has 1 aliphatic heterocycles. The van der Waals surface area contributed by atoms with E-state index in [-0.39, 0.29) is 29.3 Å². The lowest BCUT2D eigenvalue weighted by Gasteiger charge is -2.46. The summed E-state index contributed by atoms with van der Waals surface area (Å²) in [4.78, 5) is 15.4. The number of carbonyl (C=O) groups is 1. The first-order chi connectivity index (χ1) is 15.9. The van der Waals surface area contributed by atoms with Gasteiger partial charge in [-0.15, -0.1) is 0 Å². The molecule has 1 aromatic heterocycles. The molecule has 0 N–H and O–H groups in total. The molecule has 33 heavy (non-hydrogen) atoms. The van der Waals surface area contributed by atoms with E-state index in [1.54, 1.807) is 18.9 Å². The van der Waals surface area contributed by atoms with Crippen molar-refractivity contribution in [3.8, 4) is 5.75 Å². The number of ether oxygens (including phenoxy) is 2. The van der Waals surface area contributed by atoms with Crippen LogP contribution >= 0.6 is 0 Å². The van der Waals surface area contributed by atoms with Gasteiger partial charge in [0, 0.05) is 19.0 Å². The Bertz CT molecular complexity index is 995. The zero-order valence-electron chi connectivity index (χ0n) is 20.0. The summed E-state index contributed by atoms with van der Waals surface area (Å²) in [5.74, 6) is 2.32. The maximum atomic E-state index is 13.1. The smallest absolute Gasteiger partial charge is 0.311 e. The van der Waals surface area contributed by atoms with Crippen LogP contribution in [0.15, 0.2) is 58.7 Å². The van der Waals surface area contributed by atoms with E-state index in [2.05, 4.69) is 37.0 Å². The Hall–Kier alpha value is -2.53. The number of methoxy groups -OCH3 is 1. The van der Waals surface area contributed by atoms with E-state index < -0.39 is 0 Å². The van der Waals surface area contributed by atoms with Crippen molar-refractivity contribution >= 4 is 5.97 Å². The van der Waals surface area contributed by atoms with Crippen LogP contribution in [0.25, 0.3) is 0 Å². The van der Waals surface area contributed by atoms with Gasteiger partial charge in [0.25, 0.3) is 0 Å². The largest absolute Gasteiger partial charge is 0.497 e. The van der Waals surface area contributed by atoms with Crippen molar-refractivity contribution in [2.45, 2.75) is 58.7 Å². The van der Waals surface area contributed by atoms with Gasteiger partial charge in [-0.25, -0.2) is 0 Å². The summed E-state index contributed by atoms with van der Waals surface area (Å²) in [6.45, 7) is 6.77. The lowest BCUT2D eigenvalue weighted by atomic mass is 9.59. The zero-order chi connectivity index (χ0) is 23.0. The number of fused-ring (bicyclic) bond motifs is 2. The average molecular weight is 450 g/mol. The van der Waals surface area contributed by atoms with Crippen LogP contribution < -0.4 is 4.74 Å². The number of rotatable bonds is 7. The SMILES string of the molecule is COc1ccc(CN(Cc2ccco2)CC2C(=O)OC3CC4(C)CCCC(C)C4=CC32)cc1. The molecule has 3 aliphatic rings. The van der Waals surface area contributed by atoms with E-state index in [0.717, 1.165) is 24.5 Å². The van der Waals surface area contributed by atoms with Gasteiger partial charge < -0.3 is 13.9 Å². The van der Waals surface area contributed by atoms with Crippen LogP contribution in [0.2, 0.25) is 0 Å². The Morgan fingerprint density at radius 2 is 2.00 bits per heavy atom. The highest BCUT2D eigenvalue weighted by molar-refractivity contribution is 5.76. The number of esters is 1. The third-order valence-electron chi connectivity index (χ3n) is 8.06. The Morgan fingerprint density at radius 3 is 2.73 bits per heavy atom. The van der Waals surface area contributed by atoms with Crippen LogP contribution in [0.4, 0.5) is 0 Å². The molecule has 5 atom stereocenters. The summed E-state index contributed by atoms with van der Waals surface area (Å²) in [5, 5.41) is 0. The summed E-state index contributed by atoms with van der Waals surface area (Å²) >= 11 is 0. The Kier molecular flexibility index (Phi) is 6.09. The number of hydrogen-bond donors (Lipinski definition) is 0. The standard InChI is InChI=1S/C28H35NO4/c1-19-6-4-12-28(2)15-26-23(14-25(19)28)24(27(30)33-26)18-29(17-22-7-5-13-32-22)16-20-8-10-21(31-3)11-9-20/h5,7-11,13-14,19,23-24,26H,4,6,12,15-18H2,1-3H3. The van der Waals surface area contributed by atoms with E-state index in [1.165, 1.54) is 24.8 Å². The molecule has 2 aliphatic carbocycles. The first kappa shape index (κ1) is 22.3. The van der Waals surface area contributed by atoms with Gasteiger partial charge in [0.15, 0.2) is 0 Å². The van der Waals surface area contributed by atoms with Crippen LogP contribution in [-0.2, 0) is 22.6 Å². The fourth-order valence-electron chi connectivity index (χ4n) is 6.33. The molecule has 1 saturated heterocycles. The van der Waals surface area contributed by atoms with E-state index in [4.69, 9.17) is 13.9 Å². The Balaban J connectivity index is 1.38. The molecule has 0 spiro atoms. The van der Waals surface area contributed by atoms with E-state index in [1.807, 2.05) is 24.3 Å². The second kappa shape index (κ2) is 9.02. The van der Waals surface area contributed by atoms with Gasteiger partial charge in [0.1, 0.15) is 17.6 Å². The van der Waals surface area contributed by atoms with Crippen molar-refractivity contribution in [2.75, 3.05) is 13.7 Å². The average Bonchev–Trinajstić information content (AvgIpc) is 3.40. The molecule has 2 heterocycles. The van der Waals surface area contributed by atoms with E-state index >= 15 is 0 Å². The molecule has 2 fully saturated rings. The molecule has 176 valence electrons. The second-order valence-electron chi connectivity index (χ2n) is 10.4. The van der Waals surface area contributed by atoms with E-state index in [0.29, 0.717) is 19.0 Å². The zero-order valence-corrected chi connectivity index (χ0v) is 20.0. The summed E-state index contributed by atoms with van der Waals surface area (Å²) in [5.41, 5.74) is 2.93. The fraction of sp³-hybridized carbons (Fsp3) is 0.536. The minimum atomic E-state index is -0.144. The highest BCUT2D eigenvalue weighted by Gasteiger charge is 2.51. The molecular formula is C28H35NO4. The number of allylic oxidation sites excluding steroid dienone is 1. The van der Waals surface area contributed by atoms with Crippen LogP contribution in [-0.4, -0.2) is 30.6 Å². The first-order valence-electron chi connectivity index (χ1n) is 12.3. The van der Waals surface area contributed by atoms with Gasteiger partial charge in [-0.3, -0.25) is 9.69 Å². The molecular weight excluding hydrogens is 414 g/mol. The number of hydrogen-bond acceptors (Lipinski definition) is 5. The molecule has 5 rings (SSSR count). The molecule has 2 aromatic rings. The predicted molar refractivity (Wildman–Crippen MR) is 126 cm³/mol. The van der Waals surface area contributed by atoms with Gasteiger partial charge in [0.05, 0.1) is 25.8 Å². The minimum Gasteiger partial charge on any atom is -0.497 e. The van der Waals surface area contributed by atoms with Crippen molar-refractivity contribution in [2.24, 2.45) is 23.2 Å². The maximum Gasteiger partial charge on any atom is 0.311 e. The number of benzene rings is 1. The summed E-state index contributed by atoms with van der Waals surface area (Å²) in [6.07, 6.45) is 8.84.